The van der Waals surface area contributed by atoms with Crippen LogP contribution < -0.4 is 10.6 Å². The van der Waals surface area contributed by atoms with E-state index >= 15 is 0 Å². The summed E-state index contributed by atoms with van der Waals surface area (Å²) >= 11 is 0. The van der Waals surface area contributed by atoms with Gasteiger partial charge < -0.3 is 20.5 Å². The molecule has 1 aliphatic heterocycles. The van der Waals surface area contributed by atoms with E-state index in [-0.39, 0.29) is 19.1 Å². The van der Waals surface area contributed by atoms with Crippen molar-refractivity contribution in [2.45, 2.75) is 31.8 Å². The molecular formula is C12H24N2O3. The fraction of sp³-hybridized carbons (Fsp3) is 0.917. The van der Waals surface area contributed by atoms with Crippen LogP contribution >= 0.6 is 0 Å². The van der Waals surface area contributed by atoms with Gasteiger partial charge >= 0.3 is 0 Å². The molecule has 5 nitrogen and oxygen atoms in total. The summed E-state index contributed by atoms with van der Waals surface area (Å²) in [6.45, 7) is 2.67. The van der Waals surface area contributed by atoms with Crippen LogP contribution in [0.2, 0.25) is 0 Å². The third-order valence-electron chi connectivity index (χ3n) is 3.13. The Morgan fingerprint density at radius 1 is 1.53 bits per heavy atom. The summed E-state index contributed by atoms with van der Waals surface area (Å²) in [5, 5.41) is 15.4. The SMILES string of the molecule is COCC(O)CNC(=O)CCC1CCNCC1. The Morgan fingerprint density at radius 3 is 2.88 bits per heavy atom. The maximum atomic E-state index is 11.5. The Labute approximate surface area is 103 Å². The van der Waals surface area contributed by atoms with Crippen LogP contribution in [-0.4, -0.2) is 50.5 Å². The maximum absolute atomic E-state index is 11.5. The number of aliphatic hydroxyl groups is 1. The van der Waals surface area contributed by atoms with Crippen LogP contribution in [0, 0.1) is 5.92 Å². The lowest BCUT2D eigenvalue weighted by Crippen LogP contribution is -2.35. The summed E-state index contributed by atoms with van der Waals surface area (Å²) in [6.07, 6.45) is 3.24. The van der Waals surface area contributed by atoms with E-state index in [1.165, 1.54) is 20.0 Å². The van der Waals surface area contributed by atoms with Crippen molar-refractivity contribution in [1.29, 1.82) is 0 Å². The van der Waals surface area contributed by atoms with Crippen LogP contribution in [0.15, 0.2) is 0 Å². The summed E-state index contributed by atoms with van der Waals surface area (Å²) in [5.74, 6) is 0.699. The molecule has 1 fully saturated rings. The molecule has 17 heavy (non-hydrogen) atoms. The van der Waals surface area contributed by atoms with Gasteiger partial charge in [0.15, 0.2) is 0 Å². The molecule has 0 spiro atoms. The number of methoxy groups -OCH3 is 1. The Bertz CT molecular complexity index is 218. The topological polar surface area (TPSA) is 70.6 Å². The lowest BCUT2D eigenvalue weighted by Gasteiger charge is -2.22. The largest absolute Gasteiger partial charge is 0.389 e. The van der Waals surface area contributed by atoms with Crippen LogP contribution in [0.25, 0.3) is 0 Å². The highest BCUT2D eigenvalue weighted by atomic mass is 16.5. The van der Waals surface area contributed by atoms with Gasteiger partial charge in [0.25, 0.3) is 0 Å². The third-order valence-corrected chi connectivity index (χ3v) is 3.13. The van der Waals surface area contributed by atoms with Gasteiger partial charge in [-0.1, -0.05) is 0 Å². The van der Waals surface area contributed by atoms with Gasteiger partial charge in [0.1, 0.15) is 0 Å². The molecule has 1 atom stereocenters. The van der Waals surface area contributed by atoms with Crippen molar-refractivity contribution in [3.05, 3.63) is 0 Å². The number of ether oxygens (including phenoxy) is 1. The zero-order chi connectivity index (χ0) is 12.5. The van der Waals surface area contributed by atoms with Crippen molar-refractivity contribution in [2.75, 3.05) is 33.4 Å². The molecule has 3 N–H and O–H groups in total. The monoisotopic (exact) mass is 244 g/mol. The van der Waals surface area contributed by atoms with Crippen LogP contribution in [-0.2, 0) is 9.53 Å². The normalized spacial score (nSPS) is 18.9. The second-order valence-electron chi connectivity index (χ2n) is 4.65. The number of hydrogen-bond donors (Lipinski definition) is 3. The maximum Gasteiger partial charge on any atom is 0.220 e. The molecule has 1 saturated heterocycles. The summed E-state index contributed by atoms with van der Waals surface area (Å²) in [4.78, 5) is 11.5. The molecule has 0 bridgehead atoms. The molecule has 0 aromatic heterocycles. The minimum absolute atomic E-state index is 0.0266. The van der Waals surface area contributed by atoms with Crippen molar-refractivity contribution < 1.29 is 14.6 Å². The molecule has 0 aliphatic carbocycles. The molecule has 0 aromatic carbocycles. The number of aliphatic hydroxyl groups excluding tert-OH is 1. The van der Waals surface area contributed by atoms with Crippen LogP contribution in [0.4, 0.5) is 0 Å². The van der Waals surface area contributed by atoms with Gasteiger partial charge in [-0.2, -0.15) is 0 Å². The molecule has 1 aliphatic rings. The predicted octanol–water partition coefficient (Wildman–Crippen LogP) is -0.110. The second-order valence-corrected chi connectivity index (χ2v) is 4.65. The summed E-state index contributed by atoms with van der Waals surface area (Å²) < 4.78 is 4.78. The van der Waals surface area contributed by atoms with E-state index in [1.807, 2.05) is 0 Å². The van der Waals surface area contributed by atoms with Crippen molar-refractivity contribution >= 4 is 5.91 Å². The Kier molecular flexibility index (Phi) is 7.16. The van der Waals surface area contributed by atoms with E-state index in [1.54, 1.807) is 0 Å². The standard InChI is InChI=1S/C12H24N2O3/c1-17-9-11(15)8-14-12(16)3-2-10-4-6-13-7-5-10/h10-11,13,15H,2-9H2,1H3,(H,14,16). The fourth-order valence-corrected chi connectivity index (χ4v) is 2.08. The first-order valence-corrected chi connectivity index (χ1v) is 6.36. The Balaban J connectivity index is 2.04. The van der Waals surface area contributed by atoms with E-state index in [9.17, 15) is 9.90 Å². The van der Waals surface area contributed by atoms with Crippen molar-refractivity contribution in [1.82, 2.24) is 10.6 Å². The van der Waals surface area contributed by atoms with E-state index in [0.29, 0.717) is 12.3 Å². The highest BCUT2D eigenvalue weighted by Gasteiger charge is 2.14. The highest BCUT2D eigenvalue weighted by molar-refractivity contribution is 5.75. The van der Waals surface area contributed by atoms with Crippen LogP contribution in [0.3, 0.4) is 0 Å². The van der Waals surface area contributed by atoms with E-state index < -0.39 is 6.10 Å². The first-order valence-electron chi connectivity index (χ1n) is 6.36. The molecule has 0 radical (unpaired) electrons. The summed E-state index contributed by atoms with van der Waals surface area (Å²) in [5.41, 5.74) is 0. The number of carbonyl (C=O) groups is 1. The number of rotatable bonds is 7. The predicted molar refractivity (Wildman–Crippen MR) is 65.7 cm³/mol. The number of carbonyl (C=O) groups excluding carboxylic acids is 1. The van der Waals surface area contributed by atoms with E-state index in [4.69, 9.17) is 4.74 Å². The van der Waals surface area contributed by atoms with Gasteiger partial charge in [-0.25, -0.2) is 0 Å². The molecule has 5 heteroatoms. The van der Waals surface area contributed by atoms with Gasteiger partial charge in [-0.05, 0) is 38.3 Å². The molecule has 1 heterocycles. The number of piperidine rings is 1. The molecule has 1 amide bonds. The fourth-order valence-electron chi connectivity index (χ4n) is 2.08. The average molecular weight is 244 g/mol. The smallest absolute Gasteiger partial charge is 0.220 e. The van der Waals surface area contributed by atoms with Gasteiger partial charge in [0.2, 0.25) is 5.91 Å². The zero-order valence-corrected chi connectivity index (χ0v) is 10.6. The number of nitrogens with one attached hydrogen (secondary N) is 2. The van der Waals surface area contributed by atoms with Crippen molar-refractivity contribution in [3.8, 4) is 0 Å². The van der Waals surface area contributed by atoms with Gasteiger partial charge in [0.05, 0.1) is 12.7 Å². The van der Waals surface area contributed by atoms with E-state index in [0.717, 1.165) is 19.5 Å². The van der Waals surface area contributed by atoms with Gasteiger partial charge in [0, 0.05) is 20.1 Å². The van der Waals surface area contributed by atoms with E-state index in [2.05, 4.69) is 10.6 Å². The summed E-state index contributed by atoms with van der Waals surface area (Å²) in [7, 11) is 1.53. The molecule has 0 saturated carbocycles. The average Bonchev–Trinajstić information content (AvgIpc) is 2.35. The van der Waals surface area contributed by atoms with Crippen LogP contribution in [0.5, 0.6) is 0 Å². The highest BCUT2D eigenvalue weighted by Crippen LogP contribution is 2.17. The van der Waals surface area contributed by atoms with Gasteiger partial charge in [-0.3, -0.25) is 4.79 Å². The first kappa shape index (κ1) is 14.4. The lowest BCUT2D eigenvalue weighted by molar-refractivity contribution is -0.122. The second kappa shape index (κ2) is 8.44. The molecular weight excluding hydrogens is 220 g/mol. The molecule has 1 rings (SSSR count). The Morgan fingerprint density at radius 2 is 2.24 bits per heavy atom. The van der Waals surface area contributed by atoms with Crippen molar-refractivity contribution in [2.24, 2.45) is 5.92 Å². The minimum Gasteiger partial charge on any atom is -0.389 e. The number of hydrogen-bond acceptors (Lipinski definition) is 4. The molecule has 1 unspecified atom stereocenters. The van der Waals surface area contributed by atoms with Crippen molar-refractivity contribution in [3.63, 3.8) is 0 Å². The number of amides is 1. The zero-order valence-electron chi connectivity index (χ0n) is 10.6. The third kappa shape index (κ3) is 6.61. The molecule has 100 valence electrons. The van der Waals surface area contributed by atoms with Crippen LogP contribution in [0.1, 0.15) is 25.7 Å². The summed E-state index contributed by atoms with van der Waals surface area (Å²) in [6, 6.07) is 0. The quantitative estimate of drug-likeness (QED) is 0.584. The minimum atomic E-state index is -0.608. The lowest BCUT2D eigenvalue weighted by atomic mass is 9.93. The first-order chi connectivity index (χ1) is 8.22. The Hall–Kier alpha value is -0.650. The van der Waals surface area contributed by atoms with Gasteiger partial charge in [-0.15, -0.1) is 0 Å². The molecule has 0 aromatic rings.